The van der Waals surface area contributed by atoms with E-state index in [2.05, 4.69) is 21.9 Å². The van der Waals surface area contributed by atoms with E-state index < -0.39 is 18.1 Å². The van der Waals surface area contributed by atoms with Crippen LogP contribution in [0.4, 0.5) is 20.3 Å². The summed E-state index contributed by atoms with van der Waals surface area (Å²) in [5, 5.41) is 3.34. The van der Waals surface area contributed by atoms with Crippen LogP contribution >= 0.6 is 23.2 Å². The molecule has 1 aliphatic heterocycles. The number of rotatable bonds is 6. The van der Waals surface area contributed by atoms with E-state index in [0.29, 0.717) is 41.1 Å². The van der Waals surface area contributed by atoms with Crippen LogP contribution in [0.5, 0.6) is 11.5 Å². The number of hydrogen-bond donors (Lipinski definition) is 1. The molecule has 3 aromatic rings. The van der Waals surface area contributed by atoms with Crippen molar-refractivity contribution in [3.63, 3.8) is 0 Å². The molecule has 0 radical (unpaired) electrons. The highest BCUT2D eigenvalue weighted by Gasteiger charge is 2.33. The van der Waals surface area contributed by atoms with Crippen molar-refractivity contribution < 1.29 is 23.0 Å². The van der Waals surface area contributed by atoms with Gasteiger partial charge >= 0.3 is 0 Å². The molecule has 4 rings (SSSR count). The van der Waals surface area contributed by atoms with Crippen molar-refractivity contribution in [3.8, 4) is 11.5 Å². The topological polar surface area (TPSA) is 76.6 Å². The summed E-state index contributed by atoms with van der Waals surface area (Å²) in [5.74, 6) is 0.0259. The van der Waals surface area contributed by atoms with E-state index >= 15 is 0 Å². The highest BCUT2D eigenvalue weighted by Crippen LogP contribution is 2.38. The number of nitrogens with one attached hydrogen (secondary N) is 1. The molecule has 0 saturated carbocycles. The molecule has 11 heteroatoms. The number of methoxy groups -OCH3 is 1. The Bertz CT molecular complexity index is 1260. The molecule has 1 fully saturated rings. The van der Waals surface area contributed by atoms with Crippen molar-refractivity contribution in [2.24, 2.45) is 0 Å². The number of halogens is 4. The Morgan fingerprint density at radius 3 is 2.76 bits per heavy atom. The normalized spacial score (nSPS) is 18.0. The number of benzene rings is 2. The summed E-state index contributed by atoms with van der Waals surface area (Å²) in [7, 11) is 1.47. The Labute approximate surface area is 204 Å². The number of fused-ring (bicyclic) bond motifs is 1. The first-order valence-corrected chi connectivity index (χ1v) is 11.0. The maximum Gasteiger partial charge on any atom is 0.246 e. The first-order valence-electron chi connectivity index (χ1n) is 10.3. The molecule has 2 aromatic carbocycles. The largest absolute Gasteiger partial charge is 0.493 e. The summed E-state index contributed by atoms with van der Waals surface area (Å²) in [5.41, 5.74) is 0.865. The van der Waals surface area contributed by atoms with Crippen LogP contribution in [0.15, 0.2) is 43.2 Å². The van der Waals surface area contributed by atoms with Crippen LogP contribution < -0.4 is 14.8 Å². The van der Waals surface area contributed by atoms with Crippen LogP contribution in [0.25, 0.3) is 10.9 Å². The summed E-state index contributed by atoms with van der Waals surface area (Å²) in [6, 6.07) is 5.89. The van der Waals surface area contributed by atoms with E-state index in [9.17, 15) is 13.6 Å². The standard InChI is InChI=1S/C23H20Cl2F2N4O3/c1-3-20(32)31-7-6-17(14(27)10-31)34-19-8-12-16(9-18(19)33-2)28-11-29-23(12)30-15-5-4-13(26)21(24)22(15)25/h3-5,8-9,11,14,17H,1,6-7,10H2,2H3,(H,28,29,30)/t14-,17-/m1/s1. The Balaban J connectivity index is 1.65. The number of carbonyl (C=O) groups is 1. The van der Waals surface area contributed by atoms with Crippen LogP contribution in [-0.2, 0) is 4.79 Å². The van der Waals surface area contributed by atoms with Gasteiger partial charge in [-0.3, -0.25) is 4.79 Å². The number of piperidine rings is 1. The zero-order valence-corrected chi connectivity index (χ0v) is 19.5. The molecule has 1 N–H and O–H groups in total. The van der Waals surface area contributed by atoms with Gasteiger partial charge in [-0.2, -0.15) is 0 Å². The third-order valence-electron chi connectivity index (χ3n) is 5.46. The lowest BCUT2D eigenvalue weighted by molar-refractivity contribution is -0.129. The minimum atomic E-state index is -1.40. The number of ether oxygens (including phenoxy) is 2. The second kappa shape index (κ2) is 9.99. The molecule has 0 bridgehead atoms. The number of amides is 1. The minimum absolute atomic E-state index is 0.000448. The Morgan fingerprint density at radius 1 is 1.26 bits per heavy atom. The average molecular weight is 509 g/mol. The van der Waals surface area contributed by atoms with Gasteiger partial charge in [-0.05, 0) is 24.3 Å². The van der Waals surface area contributed by atoms with Gasteiger partial charge in [0.25, 0.3) is 0 Å². The highest BCUT2D eigenvalue weighted by molar-refractivity contribution is 6.43. The van der Waals surface area contributed by atoms with E-state index in [-0.39, 0.29) is 28.2 Å². The molecule has 2 atom stereocenters. The summed E-state index contributed by atoms with van der Waals surface area (Å²) in [4.78, 5) is 21.7. The van der Waals surface area contributed by atoms with Gasteiger partial charge < -0.3 is 19.7 Å². The maximum absolute atomic E-state index is 14.8. The van der Waals surface area contributed by atoms with Gasteiger partial charge in [0, 0.05) is 24.4 Å². The van der Waals surface area contributed by atoms with Crippen molar-refractivity contribution in [2.45, 2.75) is 18.7 Å². The number of hydrogen-bond acceptors (Lipinski definition) is 6. The van der Waals surface area contributed by atoms with Crippen molar-refractivity contribution in [2.75, 3.05) is 25.5 Å². The number of nitrogens with zero attached hydrogens (tertiary/aromatic N) is 3. The fourth-order valence-electron chi connectivity index (χ4n) is 3.67. The van der Waals surface area contributed by atoms with Gasteiger partial charge in [0.05, 0.1) is 34.9 Å². The first kappa shape index (κ1) is 24.0. The predicted molar refractivity (Wildman–Crippen MR) is 126 cm³/mol. The lowest BCUT2D eigenvalue weighted by Gasteiger charge is -2.34. The Kier molecular flexibility index (Phi) is 7.04. The molecule has 34 heavy (non-hydrogen) atoms. The fraction of sp³-hybridized carbons (Fsp3) is 0.261. The quantitative estimate of drug-likeness (QED) is 0.358. The molecule has 0 unspecified atom stereocenters. The fourth-order valence-corrected chi connectivity index (χ4v) is 4.04. The molecular weight excluding hydrogens is 489 g/mol. The molecule has 1 saturated heterocycles. The number of aromatic nitrogens is 2. The van der Waals surface area contributed by atoms with Crippen LogP contribution in [0.1, 0.15) is 6.42 Å². The van der Waals surface area contributed by atoms with E-state index in [4.69, 9.17) is 32.7 Å². The maximum atomic E-state index is 14.8. The van der Waals surface area contributed by atoms with Crippen molar-refractivity contribution in [1.82, 2.24) is 14.9 Å². The lowest BCUT2D eigenvalue weighted by Crippen LogP contribution is -2.48. The SMILES string of the molecule is C=CC(=O)N1CC[C@@H](Oc2cc3c(Nc4ccc(F)c(Cl)c4Cl)ncnc3cc2OC)[C@H](F)C1. The van der Waals surface area contributed by atoms with Gasteiger partial charge in [0.1, 0.15) is 24.1 Å². The molecule has 0 spiro atoms. The van der Waals surface area contributed by atoms with Crippen molar-refractivity contribution in [3.05, 3.63) is 59.1 Å². The molecule has 7 nitrogen and oxygen atoms in total. The van der Waals surface area contributed by atoms with Crippen molar-refractivity contribution >= 4 is 51.5 Å². The first-order chi connectivity index (χ1) is 16.3. The zero-order chi connectivity index (χ0) is 24.4. The Morgan fingerprint density at radius 2 is 2.06 bits per heavy atom. The number of carbonyl (C=O) groups excluding carboxylic acids is 1. The van der Waals surface area contributed by atoms with Crippen LogP contribution in [0, 0.1) is 5.82 Å². The molecule has 178 valence electrons. The predicted octanol–water partition coefficient (Wildman–Crippen LogP) is 5.33. The van der Waals surface area contributed by atoms with Gasteiger partial charge in [-0.25, -0.2) is 18.7 Å². The summed E-state index contributed by atoms with van der Waals surface area (Å²) < 4.78 is 39.9. The molecule has 0 aliphatic carbocycles. The van der Waals surface area contributed by atoms with E-state index in [1.54, 1.807) is 12.1 Å². The van der Waals surface area contributed by atoms with Crippen molar-refractivity contribution in [1.29, 1.82) is 0 Å². The smallest absolute Gasteiger partial charge is 0.246 e. The summed E-state index contributed by atoms with van der Waals surface area (Å²) in [6.45, 7) is 3.69. The molecule has 1 aromatic heterocycles. The van der Waals surface area contributed by atoms with E-state index in [1.807, 2.05) is 0 Å². The van der Waals surface area contributed by atoms with Crippen LogP contribution in [0.2, 0.25) is 10.0 Å². The molecular formula is C23H20Cl2F2N4O3. The second-order valence-electron chi connectivity index (χ2n) is 7.54. The summed E-state index contributed by atoms with van der Waals surface area (Å²) in [6.07, 6.45) is 0.611. The van der Waals surface area contributed by atoms with Gasteiger partial charge in [-0.1, -0.05) is 29.8 Å². The van der Waals surface area contributed by atoms with Gasteiger partial charge in [0.2, 0.25) is 5.91 Å². The zero-order valence-electron chi connectivity index (χ0n) is 18.0. The molecule has 1 amide bonds. The second-order valence-corrected chi connectivity index (χ2v) is 8.30. The van der Waals surface area contributed by atoms with Gasteiger partial charge in [0.15, 0.2) is 17.7 Å². The monoisotopic (exact) mass is 508 g/mol. The van der Waals surface area contributed by atoms with Crippen LogP contribution in [-0.4, -0.2) is 53.2 Å². The molecule has 2 heterocycles. The van der Waals surface area contributed by atoms with Crippen LogP contribution in [0.3, 0.4) is 0 Å². The van der Waals surface area contributed by atoms with E-state index in [1.165, 1.54) is 30.5 Å². The third-order valence-corrected chi connectivity index (χ3v) is 6.31. The third kappa shape index (κ3) is 4.71. The lowest BCUT2D eigenvalue weighted by atomic mass is 10.1. The number of anilines is 2. The average Bonchev–Trinajstić information content (AvgIpc) is 2.84. The van der Waals surface area contributed by atoms with Gasteiger partial charge in [-0.15, -0.1) is 0 Å². The Hall–Kier alpha value is -3.17. The summed E-state index contributed by atoms with van der Waals surface area (Å²) >= 11 is 12.1. The van der Waals surface area contributed by atoms with E-state index in [0.717, 1.165) is 6.08 Å². The number of alkyl halides is 1. The molecule has 1 aliphatic rings. The highest BCUT2D eigenvalue weighted by atomic mass is 35.5. The number of likely N-dealkylation sites (tertiary alicyclic amines) is 1. The minimum Gasteiger partial charge on any atom is -0.493 e.